The van der Waals surface area contributed by atoms with Crippen LogP contribution in [0.15, 0.2) is 0 Å². The van der Waals surface area contributed by atoms with Gasteiger partial charge in [0.1, 0.15) is 0 Å². The van der Waals surface area contributed by atoms with Crippen LogP contribution in [0.2, 0.25) is 0 Å². The van der Waals surface area contributed by atoms with Gasteiger partial charge in [0.2, 0.25) is 0 Å². The normalized spacial score (nSPS) is 18.2. The van der Waals surface area contributed by atoms with Crippen LogP contribution in [0.3, 0.4) is 0 Å². The number of ether oxygens (including phenoxy) is 1. The van der Waals surface area contributed by atoms with Crippen molar-refractivity contribution in [3.8, 4) is 0 Å². The number of hydrogen-bond acceptors (Lipinski definition) is 3. The van der Waals surface area contributed by atoms with Gasteiger partial charge in [-0.05, 0) is 29.9 Å². The zero-order chi connectivity index (χ0) is 13.7. The Morgan fingerprint density at radius 3 is 2.06 bits per heavy atom. The van der Waals surface area contributed by atoms with Crippen molar-refractivity contribution < 1.29 is 9.84 Å². The molecular weight excluding hydrogens is 232 g/mol. The Hall–Kier alpha value is 0.270. The lowest BCUT2D eigenvalue weighted by atomic mass is 9.63. The van der Waals surface area contributed by atoms with Crippen LogP contribution in [0, 0.1) is 16.7 Å². The Balaban J connectivity index is 4.68. The molecule has 0 amide bonds. The van der Waals surface area contributed by atoms with Crippen LogP contribution >= 0.6 is 12.6 Å². The van der Waals surface area contributed by atoms with E-state index in [1.54, 1.807) is 0 Å². The quantitative estimate of drug-likeness (QED) is 0.416. The summed E-state index contributed by atoms with van der Waals surface area (Å²) < 4.78 is 5.58. The largest absolute Gasteiger partial charge is 0.367 e. The zero-order valence-electron chi connectivity index (χ0n) is 12.3. The predicted octanol–water partition coefficient (Wildman–Crippen LogP) is 3.74. The topological polar surface area (TPSA) is 29.5 Å². The van der Waals surface area contributed by atoms with E-state index in [9.17, 15) is 5.11 Å². The second-order valence-corrected chi connectivity index (χ2v) is 7.01. The number of aliphatic hydroxyl groups is 1. The minimum atomic E-state index is -0.704. The highest BCUT2D eigenvalue weighted by molar-refractivity contribution is 7.80. The SMILES string of the molecule is CC(C)CC(C)(C(O)OCCCS)C(C)(C)C. The summed E-state index contributed by atoms with van der Waals surface area (Å²) in [6.07, 6.45) is 1.13. The maximum absolute atomic E-state index is 10.3. The summed E-state index contributed by atoms with van der Waals surface area (Å²) in [6, 6.07) is 0. The molecular formula is C14H30O2S. The first-order valence-electron chi connectivity index (χ1n) is 6.55. The fourth-order valence-electron chi connectivity index (χ4n) is 2.07. The summed E-state index contributed by atoms with van der Waals surface area (Å²) in [5, 5.41) is 10.3. The second kappa shape index (κ2) is 7.01. The molecule has 0 spiro atoms. The lowest BCUT2D eigenvalue weighted by molar-refractivity contribution is -0.207. The van der Waals surface area contributed by atoms with Gasteiger partial charge in [-0.25, -0.2) is 0 Å². The molecule has 0 radical (unpaired) electrons. The van der Waals surface area contributed by atoms with Gasteiger partial charge in [-0.1, -0.05) is 41.5 Å². The molecule has 0 aromatic carbocycles. The Morgan fingerprint density at radius 2 is 1.71 bits per heavy atom. The molecule has 0 saturated heterocycles. The molecule has 2 atom stereocenters. The lowest BCUT2D eigenvalue weighted by Gasteiger charge is -2.46. The molecule has 0 heterocycles. The van der Waals surface area contributed by atoms with Crippen LogP contribution in [-0.2, 0) is 4.74 Å². The molecule has 17 heavy (non-hydrogen) atoms. The summed E-state index contributed by atoms with van der Waals surface area (Å²) in [5.41, 5.74) is -0.213. The molecule has 3 heteroatoms. The second-order valence-electron chi connectivity index (χ2n) is 6.57. The van der Waals surface area contributed by atoms with Crippen LogP contribution in [0.25, 0.3) is 0 Å². The van der Waals surface area contributed by atoms with Gasteiger partial charge in [-0.15, -0.1) is 0 Å². The third-order valence-corrected chi connectivity index (χ3v) is 3.99. The van der Waals surface area contributed by atoms with Gasteiger partial charge in [-0.3, -0.25) is 0 Å². The van der Waals surface area contributed by atoms with E-state index in [1.165, 1.54) is 0 Å². The summed E-state index contributed by atoms with van der Waals surface area (Å²) >= 11 is 4.15. The maximum Gasteiger partial charge on any atom is 0.160 e. The van der Waals surface area contributed by atoms with E-state index in [0.717, 1.165) is 18.6 Å². The van der Waals surface area contributed by atoms with Gasteiger partial charge in [0, 0.05) is 5.41 Å². The number of hydrogen-bond donors (Lipinski definition) is 2. The highest BCUT2D eigenvalue weighted by atomic mass is 32.1. The Kier molecular flexibility index (Phi) is 7.12. The Morgan fingerprint density at radius 1 is 1.18 bits per heavy atom. The molecule has 104 valence electrons. The van der Waals surface area contributed by atoms with Crippen LogP contribution < -0.4 is 0 Å². The summed E-state index contributed by atoms with van der Waals surface area (Å²) in [5.74, 6) is 1.34. The van der Waals surface area contributed by atoms with Crippen LogP contribution in [0.5, 0.6) is 0 Å². The Labute approximate surface area is 113 Å². The number of aliphatic hydroxyl groups excluding tert-OH is 1. The van der Waals surface area contributed by atoms with E-state index in [2.05, 4.69) is 54.2 Å². The van der Waals surface area contributed by atoms with Crippen molar-refractivity contribution in [2.24, 2.45) is 16.7 Å². The molecule has 2 unspecified atom stereocenters. The number of rotatable bonds is 7. The molecule has 0 aromatic heterocycles. The van der Waals surface area contributed by atoms with Crippen molar-refractivity contribution in [2.75, 3.05) is 12.4 Å². The molecule has 0 aliphatic rings. The van der Waals surface area contributed by atoms with Crippen LogP contribution in [-0.4, -0.2) is 23.8 Å². The molecule has 0 aliphatic carbocycles. The highest BCUT2D eigenvalue weighted by Crippen LogP contribution is 2.46. The molecule has 0 bridgehead atoms. The average Bonchev–Trinajstić information content (AvgIpc) is 2.15. The van der Waals surface area contributed by atoms with Gasteiger partial charge < -0.3 is 9.84 Å². The van der Waals surface area contributed by atoms with E-state index in [-0.39, 0.29) is 10.8 Å². The molecule has 0 aliphatic heterocycles. The average molecular weight is 262 g/mol. The smallest absolute Gasteiger partial charge is 0.160 e. The van der Waals surface area contributed by atoms with E-state index in [1.807, 2.05) is 0 Å². The fraction of sp³-hybridized carbons (Fsp3) is 1.00. The van der Waals surface area contributed by atoms with Crippen molar-refractivity contribution in [2.45, 2.75) is 60.7 Å². The highest BCUT2D eigenvalue weighted by Gasteiger charge is 2.44. The fourth-order valence-corrected chi connectivity index (χ4v) is 2.20. The van der Waals surface area contributed by atoms with Gasteiger partial charge in [0.15, 0.2) is 6.29 Å². The van der Waals surface area contributed by atoms with Crippen LogP contribution in [0.1, 0.15) is 54.4 Å². The third-order valence-electron chi connectivity index (χ3n) is 3.67. The zero-order valence-corrected chi connectivity index (χ0v) is 13.2. The molecule has 2 nitrogen and oxygen atoms in total. The molecule has 0 saturated carbocycles. The first-order valence-corrected chi connectivity index (χ1v) is 7.19. The van der Waals surface area contributed by atoms with Crippen molar-refractivity contribution in [3.63, 3.8) is 0 Å². The van der Waals surface area contributed by atoms with E-state index in [0.29, 0.717) is 12.5 Å². The van der Waals surface area contributed by atoms with Gasteiger partial charge in [-0.2, -0.15) is 12.6 Å². The van der Waals surface area contributed by atoms with Crippen molar-refractivity contribution in [3.05, 3.63) is 0 Å². The molecule has 0 aromatic rings. The molecule has 0 fully saturated rings. The Bertz CT molecular complexity index is 211. The van der Waals surface area contributed by atoms with E-state index in [4.69, 9.17) is 4.74 Å². The molecule has 0 rings (SSSR count). The number of thiol groups is 1. The van der Waals surface area contributed by atoms with E-state index < -0.39 is 6.29 Å². The van der Waals surface area contributed by atoms with Crippen molar-refractivity contribution >= 4 is 12.6 Å². The maximum atomic E-state index is 10.3. The summed E-state index contributed by atoms with van der Waals surface area (Å²) in [6.45, 7) is 13.6. The minimum Gasteiger partial charge on any atom is -0.367 e. The first-order chi connectivity index (χ1) is 7.65. The van der Waals surface area contributed by atoms with Gasteiger partial charge in [0.25, 0.3) is 0 Å². The van der Waals surface area contributed by atoms with Gasteiger partial charge in [0.05, 0.1) is 6.61 Å². The standard InChI is InChI=1S/C14H30O2S/c1-11(2)10-14(6,13(3,4)5)12(15)16-8-7-9-17/h11-12,15,17H,7-10H2,1-6H3. The van der Waals surface area contributed by atoms with Crippen LogP contribution in [0.4, 0.5) is 0 Å². The third kappa shape index (κ3) is 5.19. The van der Waals surface area contributed by atoms with Crippen molar-refractivity contribution in [1.82, 2.24) is 0 Å². The predicted molar refractivity (Wildman–Crippen MR) is 77.4 cm³/mol. The summed E-state index contributed by atoms with van der Waals surface area (Å²) in [7, 11) is 0. The van der Waals surface area contributed by atoms with Crippen molar-refractivity contribution in [1.29, 1.82) is 0 Å². The first kappa shape index (κ1) is 17.3. The van der Waals surface area contributed by atoms with E-state index >= 15 is 0 Å². The molecule has 1 N–H and O–H groups in total. The summed E-state index contributed by atoms with van der Waals surface area (Å²) in [4.78, 5) is 0. The lowest BCUT2D eigenvalue weighted by Crippen LogP contribution is -2.45. The monoisotopic (exact) mass is 262 g/mol. The minimum absolute atomic E-state index is 0.0116. The van der Waals surface area contributed by atoms with Gasteiger partial charge >= 0.3 is 0 Å².